The van der Waals surface area contributed by atoms with Crippen LogP contribution in [0.15, 0.2) is 47.4 Å². The number of methoxy groups -OCH3 is 1. The highest BCUT2D eigenvalue weighted by atomic mass is 32.2. The van der Waals surface area contributed by atoms with Gasteiger partial charge >= 0.3 is 5.97 Å². The van der Waals surface area contributed by atoms with E-state index in [9.17, 15) is 13.2 Å². The zero-order valence-electron chi connectivity index (χ0n) is 15.2. The Bertz CT molecular complexity index is 918. The summed E-state index contributed by atoms with van der Waals surface area (Å²) in [7, 11) is -2.14. The monoisotopic (exact) mass is 391 g/mol. The molecule has 2 aromatic carbocycles. The predicted octanol–water partition coefficient (Wildman–Crippen LogP) is 2.24. The average Bonchev–Trinajstić information content (AvgIpc) is 2.69. The molecule has 1 aliphatic heterocycles. The van der Waals surface area contributed by atoms with Crippen LogP contribution in [0.2, 0.25) is 0 Å². The lowest BCUT2D eigenvalue weighted by molar-refractivity contribution is 0.0727. The van der Waals surface area contributed by atoms with Crippen LogP contribution in [0.1, 0.15) is 15.9 Å². The number of esters is 1. The summed E-state index contributed by atoms with van der Waals surface area (Å²) in [6.07, 6.45) is 0. The highest BCUT2D eigenvalue weighted by Gasteiger charge is 2.27. The topological polar surface area (TPSA) is 82.1 Å². The van der Waals surface area contributed by atoms with Crippen molar-refractivity contribution in [1.29, 1.82) is 0 Å². The first-order valence-corrected chi connectivity index (χ1v) is 9.90. The average molecular weight is 391 g/mol. The molecule has 1 heterocycles. The molecular formula is C19H21NO6S. The molecule has 0 spiro atoms. The third-order valence-electron chi connectivity index (χ3n) is 4.31. The molecule has 0 aliphatic carbocycles. The summed E-state index contributed by atoms with van der Waals surface area (Å²) in [6.45, 7) is 3.04. The molecule has 3 rings (SSSR count). The molecule has 7 nitrogen and oxygen atoms in total. The standard InChI is InChI=1S/C19H21NO6S/c1-14-3-8-17(27(22,23)20-9-11-25-12-10-20)13-18(14)19(21)26-16-6-4-15(24-2)5-7-16/h3-8,13H,9-12H2,1-2H3. The minimum Gasteiger partial charge on any atom is -0.497 e. The van der Waals surface area contributed by atoms with Gasteiger partial charge in [0.15, 0.2) is 0 Å². The first kappa shape index (κ1) is 19.3. The molecule has 0 aromatic heterocycles. The van der Waals surface area contributed by atoms with E-state index in [1.165, 1.54) is 16.4 Å². The molecule has 8 heteroatoms. The van der Waals surface area contributed by atoms with Gasteiger partial charge in [0.1, 0.15) is 11.5 Å². The Balaban J connectivity index is 1.84. The number of hydrogen-bond acceptors (Lipinski definition) is 6. The van der Waals surface area contributed by atoms with Crippen molar-refractivity contribution in [2.24, 2.45) is 0 Å². The van der Waals surface area contributed by atoms with Crippen molar-refractivity contribution < 1.29 is 27.4 Å². The quantitative estimate of drug-likeness (QED) is 0.574. The lowest BCUT2D eigenvalue weighted by Gasteiger charge is -2.26. The number of sulfonamides is 1. The second-order valence-electron chi connectivity index (χ2n) is 6.06. The van der Waals surface area contributed by atoms with Crippen LogP contribution in [-0.4, -0.2) is 52.1 Å². The van der Waals surface area contributed by atoms with Gasteiger partial charge in [0.25, 0.3) is 0 Å². The van der Waals surface area contributed by atoms with Crippen molar-refractivity contribution in [2.45, 2.75) is 11.8 Å². The van der Waals surface area contributed by atoms with Crippen molar-refractivity contribution in [3.8, 4) is 11.5 Å². The summed E-state index contributed by atoms with van der Waals surface area (Å²) in [5.74, 6) is 0.378. The fraction of sp³-hybridized carbons (Fsp3) is 0.316. The van der Waals surface area contributed by atoms with Gasteiger partial charge in [-0.25, -0.2) is 13.2 Å². The Hall–Kier alpha value is -2.42. The summed E-state index contributed by atoms with van der Waals surface area (Å²) < 4.78 is 42.6. The van der Waals surface area contributed by atoms with Crippen LogP contribution in [0.25, 0.3) is 0 Å². The molecule has 2 aromatic rings. The van der Waals surface area contributed by atoms with Crippen molar-refractivity contribution in [2.75, 3.05) is 33.4 Å². The first-order chi connectivity index (χ1) is 12.9. The maximum atomic E-state index is 12.8. The van der Waals surface area contributed by atoms with Gasteiger partial charge in [-0.3, -0.25) is 0 Å². The second-order valence-corrected chi connectivity index (χ2v) is 8.00. The van der Waals surface area contributed by atoms with Gasteiger partial charge in [0.05, 0.1) is 30.8 Å². The number of ether oxygens (including phenoxy) is 3. The molecule has 27 heavy (non-hydrogen) atoms. The van der Waals surface area contributed by atoms with E-state index in [4.69, 9.17) is 14.2 Å². The Labute approximate surface area is 158 Å². The Morgan fingerprint density at radius 3 is 2.30 bits per heavy atom. The lowest BCUT2D eigenvalue weighted by Crippen LogP contribution is -2.40. The van der Waals surface area contributed by atoms with E-state index in [0.717, 1.165) is 0 Å². The zero-order chi connectivity index (χ0) is 19.4. The van der Waals surface area contributed by atoms with Gasteiger partial charge in [-0.1, -0.05) is 6.07 Å². The number of hydrogen-bond donors (Lipinski definition) is 0. The molecule has 1 aliphatic rings. The number of carbonyl (C=O) groups is 1. The lowest BCUT2D eigenvalue weighted by atomic mass is 10.1. The van der Waals surface area contributed by atoms with E-state index in [-0.39, 0.29) is 10.5 Å². The Morgan fingerprint density at radius 2 is 1.67 bits per heavy atom. The number of nitrogens with zero attached hydrogens (tertiary/aromatic N) is 1. The van der Waals surface area contributed by atoms with E-state index in [2.05, 4.69) is 0 Å². The van der Waals surface area contributed by atoms with Crippen LogP contribution in [0.4, 0.5) is 0 Å². The first-order valence-electron chi connectivity index (χ1n) is 8.46. The van der Waals surface area contributed by atoms with E-state index in [1.54, 1.807) is 44.4 Å². The van der Waals surface area contributed by atoms with Crippen LogP contribution < -0.4 is 9.47 Å². The maximum absolute atomic E-state index is 12.8. The van der Waals surface area contributed by atoms with E-state index < -0.39 is 16.0 Å². The van der Waals surface area contributed by atoms with Crippen LogP contribution in [0.5, 0.6) is 11.5 Å². The molecule has 0 bridgehead atoms. The van der Waals surface area contributed by atoms with Gasteiger partial charge in [0.2, 0.25) is 10.0 Å². The normalized spacial score (nSPS) is 15.3. The number of rotatable bonds is 5. The van der Waals surface area contributed by atoms with Crippen molar-refractivity contribution in [1.82, 2.24) is 4.31 Å². The summed E-state index contributed by atoms with van der Waals surface area (Å²) in [6, 6.07) is 11.1. The highest BCUT2D eigenvalue weighted by Crippen LogP contribution is 2.23. The largest absolute Gasteiger partial charge is 0.497 e. The van der Waals surface area contributed by atoms with E-state index in [1.807, 2.05) is 0 Å². The van der Waals surface area contributed by atoms with Gasteiger partial charge in [-0.2, -0.15) is 4.31 Å². The molecule has 0 saturated carbocycles. The molecule has 0 unspecified atom stereocenters. The van der Waals surface area contributed by atoms with Crippen LogP contribution in [0, 0.1) is 6.92 Å². The van der Waals surface area contributed by atoms with Crippen molar-refractivity contribution in [3.05, 3.63) is 53.6 Å². The van der Waals surface area contributed by atoms with Crippen LogP contribution >= 0.6 is 0 Å². The molecule has 144 valence electrons. The van der Waals surface area contributed by atoms with Crippen LogP contribution in [-0.2, 0) is 14.8 Å². The second kappa shape index (κ2) is 8.08. The van der Waals surface area contributed by atoms with E-state index in [0.29, 0.717) is 43.4 Å². The third-order valence-corrected chi connectivity index (χ3v) is 6.20. The van der Waals surface area contributed by atoms with Crippen molar-refractivity contribution in [3.63, 3.8) is 0 Å². The highest BCUT2D eigenvalue weighted by molar-refractivity contribution is 7.89. The summed E-state index contributed by atoms with van der Waals surface area (Å²) in [4.78, 5) is 12.6. The minimum absolute atomic E-state index is 0.0664. The number of morpholine rings is 1. The van der Waals surface area contributed by atoms with Gasteiger partial charge in [0, 0.05) is 13.1 Å². The SMILES string of the molecule is COc1ccc(OC(=O)c2cc(S(=O)(=O)N3CCOCC3)ccc2C)cc1. The van der Waals surface area contributed by atoms with E-state index >= 15 is 0 Å². The van der Waals surface area contributed by atoms with Gasteiger partial charge in [-0.05, 0) is 48.9 Å². The smallest absolute Gasteiger partial charge is 0.343 e. The fourth-order valence-corrected chi connectivity index (χ4v) is 4.16. The minimum atomic E-state index is -3.69. The Morgan fingerprint density at radius 1 is 1.04 bits per heavy atom. The van der Waals surface area contributed by atoms with Gasteiger partial charge < -0.3 is 14.2 Å². The van der Waals surface area contributed by atoms with Gasteiger partial charge in [-0.15, -0.1) is 0 Å². The molecule has 0 atom stereocenters. The van der Waals surface area contributed by atoms with Crippen LogP contribution in [0.3, 0.4) is 0 Å². The molecule has 0 radical (unpaired) electrons. The third kappa shape index (κ3) is 4.29. The Kier molecular flexibility index (Phi) is 5.79. The summed E-state index contributed by atoms with van der Waals surface area (Å²) in [5, 5.41) is 0. The summed E-state index contributed by atoms with van der Waals surface area (Å²) in [5.41, 5.74) is 0.842. The van der Waals surface area contributed by atoms with Crippen molar-refractivity contribution >= 4 is 16.0 Å². The molecular weight excluding hydrogens is 370 g/mol. The fourth-order valence-electron chi connectivity index (χ4n) is 2.72. The molecule has 0 amide bonds. The summed E-state index contributed by atoms with van der Waals surface area (Å²) >= 11 is 0. The maximum Gasteiger partial charge on any atom is 0.343 e. The molecule has 1 saturated heterocycles. The number of benzene rings is 2. The number of aryl methyl sites for hydroxylation is 1. The molecule has 1 fully saturated rings. The molecule has 0 N–H and O–H groups in total. The number of carbonyl (C=O) groups excluding carboxylic acids is 1. The predicted molar refractivity (Wildman–Crippen MR) is 98.7 cm³/mol. The zero-order valence-corrected chi connectivity index (χ0v) is 16.0.